The van der Waals surface area contributed by atoms with Crippen molar-refractivity contribution in [3.05, 3.63) is 34.4 Å². The summed E-state index contributed by atoms with van der Waals surface area (Å²) < 4.78 is 1.67. The Hall–Kier alpha value is 0.170. The van der Waals surface area contributed by atoms with Gasteiger partial charge in [-0.05, 0) is 57.3 Å². The van der Waals surface area contributed by atoms with Crippen LogP contribution in [0.5, 0.6) is 0 Å². The molecule has 0 radical (unpaired) electrons. The van der Waals surface area contributed by atoms with Crippen molar-refractivity contribution in [3.63, 3.8) is 0 Å². The fourth-order valence-electron chi connectivity index (χ4n) is 0.740. The molecule has 1 rings (SSSR count). The largest absolute Gasteiger partial charge is 0.235 e. The Kier molecular flexibility index (Phi) is 3.98. The van der Waals surface area contributed by atoms with Gasteiger partial charge in [0.1, 0.15) is 5.69 Å². The van der Waals surface area contributed by atoms with Gasteiger partial charge >= 0.3 is 0 Å². The quantitative estimate of drug-likeness (QED) is 0.451. The molecule has 4 nitrogen and oxygen atoms in total. The van der Waals surface area contributed by atoms with Crippen molar-refractivity contribution in [3.8, 4) is 0 Å². The zero-order valence-electron chi connectivity index (χ0n) is 6.05. The molecule has 0 aliphatic heterocycles. The van der Waals surface area contributed by atoms with Crippen LogP contribution in [0.2, 0.25) is 5.02 Å². The maximum absolute atomic E-state index is 10.2. The first-order chi connectivity index (χ1) is 6.00. The van der Waals surface area contributed by atoms with Crippen LogP contribution in [0.3, 0.4) is 0 Å². The maximum Gasteiger partial charge on any atom is 0.162 e. The van der Waals surface area contributed by atoms with E-state index < -0.39 is 5.03 Å². The topological polar surface area (TPSA) is 55.2 Å². The number of nitrogens with zero attached hydrogens (tertiary/aromatic N) is 1. The fraction of sp³-hybridized carbons (Fsp3) is 0. The van der Waals surface area contributed by atoms with Crippen molar-refractivity contribution in [2.24, 2.45) is 0 Å². The van der Waals surface area contributed by atoms with Crippen molar-refractivity contribution in [1.29, 1.82) is 0 Å². The Morgan fingerprint density at radius 3 is 2.54 bits per heavy atom. The van der Waals surface area contributed by atoms with E-state index in [1.165, 1.54) is 0 Å². The normalized spacial score (nSPS) is 9.77. The van der Waals surface area contributed by atoms with Gasteiger partial charge in [-0.3, -0.25) is 0 Å². The molecule has 0 atom stereocenters. The molecule has 0 saturated heterocycles. The second-order valence-electron chi connectivity index (χ2n) is 2.11. The highest BCUT2D eigenvalue weighted by atomic mass is 127. The molecular weight excluding hydrogens is 421 g/mol. The van der Waals surface area contributed by atoms with Gasteiger partial charge in [0, 0.05) is 7.14 Å². The number of hydrazine groups is 1. The van der Waals surface area contributed by atoms with Crippen molar-refractivity contribution in [1.82, 2.24) is 0 Å². The number of nitro groups is 1. The van der Waals surface area contributed by atoms with Gasteiger partial charge in [0.05, 0.1) is 5.02 Å². The summed E-state index contributed by atoms with van der Waals surface area (Å²) in [7, 11) is 0. The third-order valence-corrected chi connectivity index (χ3v) is 2.98. The monoisotopic (exact) mass is 424 g/mol. The lowest BCUT2D eigenvalue weighted by atomic mass is 10.3. The Bertz CT molecular complexity index is 335. The zero-order chi connectivity index (χ0) is 10.0. The summed E-state index contributed by atoms with van der Waals surface area (Å²) in [6.07, 6.45) is 0. The Morgan fingerprint density at radius 2 is 2.08 bits per heavy atom. The molecule has 70 valence electrons. The maximum atomic E-state index is 10.2. The molecule has 0 unspecified atom stereocenters. The molecule has 7 heteroatoms. The van der Waals surface area contributed by atoms with E-state index in [1.54, 1.807) is 12.1 Å². The predicted molar refractivity (Wildman–Crippen MR) is 67.5 cm³/mol. The van der Waals surface area contributed by atoms with E-state index in [-0.39, 0.29) is 0 Å². The summed E-state index contributed by atoms with van der Waals surface area (Å²) in [5, 5.41) is 9.91. The first-order valence-corrected chi connectivity index (χ1v) is 5.60. The van der Waals surface area contributed by atoms with Crippen molar-refractivity contribution >= 4 is 62.5 Å². The van der Waals surface area contributed by atoms with Gasteiger partial charge in [-0.25, -0.2) is 10.1 Å². The van der Waals surface area contributed by atoms with Gasteiger partial charge in [0.25, 0.3) is 0 Å². The molecule has 0 heterocycles. The molecule has 13 heavy (non-hydrogen) atoms. The van der Waals surface area contributed by atoms with E-state index in [4.69, 9.17) is 11.6 Å². The van der Waals surface area contributed by atoms with Crippen LogP contribution >= 0.6 is 56.8 Å². The Morgan fingerprint density at radius 1 is 1.46 bits per heavy atom. The summed E-state index contributed by atoms with van der Waals surface area (Å²) in [6.45, 7) is 0. The van der Waals surface area contributed by atoms with Gasteiger partial charge in [0.2, 0.25) is 0 Å². The van der Waals surface area contributed by atoms with E-state index in [2.05, 4.69) is 22.6 Å². The van der Waals surface area contributed by atoms with E-state index in [0.717, 1.165) is 7.14 Å². The van der Waals surface area contributed by atoms with Crippen LogP contribution in [0.15, 0.2) is 12.1 Å². The molecule has 0 bridgehead atoms. The lowest BCUT2D eigenvalue weighted by molar-refractivity contribution is -0.445. The smallest absolute Gasteiger partial charge is 0.162 e. The second kappa shape index (κ2) is 4.60. The third-order valence-electron chi connectivity index (χ3n) is 1.21. The minimum atomic E-state index is -0.629. The molecule has 1 N–H and O–H groups in total. The van der Waals surface area contributed by atoms with E-state index in [1.807, 2.05) is 28.0 Å². The molecule has 0 amide bonds. The number of nitrogens with one attached hydrogen (secondary N) is 1. The minimum absolute atomic E-state index is 0.340. The van der Waals surface area contributed by atoms with Crippen LogP contribution in [0, 0.1) is 17.3 Å². The van der Waals surface area contributed by atoms with E-state index >= 15 is 0 Å². The second-order valence-corrected chi connectivity index (χ2v) is 4.93. The molecule has 0 aliphatic carbocycles. The van der Waals surface area contributed by atoms with Crippen LogP contribution in [0.1, 0.15) is 0 Å². The van der Waals surface area contributed by atoms with Crippen molar-refractivity contribution in [2.45, 2.75) is 0 Å². The Balaban J connectivity index is 3.13. The summed E-state index contributed by atoms with van der Waals surface area (Å²) in [5.41, 5.74) is 2.39. The predicted octanol–water partition coefficient (Wildman–Crippen LogP) is 3.15. The number of benzene rings is 1. The SMILES string of the molecule is O=[N+]([O-])Nc1c(Cl)cc(I)cc1I. The number of hydrogen-bond donors (Lipinski definition) is 1. The average molecular weight is 424 g/mol. The summed E-state index contributed by atoms with van der Waals surface area (Å²) >= 11 is 9.89. The van der Waals surface area contributed by atoms with E-state index in [9.17, 15) is 10.1 Å². The van der Waals surface area contributed by atoms with Crippen molar-refractivity contribution < 1.29 is 5.03 Å². The standard InChI is InChI=1S/C6H3ClI2N2O2/c7-4-1-3(8)2-5(9)6(4)10-11(12)13/h1-2,10H. The van der Waals surface area contributed by atoms with Crippen LogP contribution in [0.25, 0.3) is 0 Å². The first kappa shape index (κ1) is 11.2. The minimum Gasteiger partial charge on any atom is -0.235 e. The number of halogens is 3. The lowest BCUT2D eigenvalue weighted by Crippen LogP contribution is -2.09. The van der Waals surface area contributed by atoms with Crippen molar-refractivity contribution in [2.75, 3.05) is 5.43 Å². The molecule has 1 aromatic carbocycles. The highest BCUT2D eigenvalue weighted by Crippen LogP contribution is 2.29. The van der Waals surface area contributed by atoms with Gasteiger partial charge in [-0.15, -0.1) is 5.43 Å². The molecule has 0 aliphatic rings. The van der Waals surface area contributed by atoms with Gasteiger partial charge in [0.15, 0.2) is 5.03 Å². The lowest BCUT2D eigenvalue weighted by Gasteiger charge is -2.03. The van der Waals surface area contributed by atoms with Crippen LogP contribution in [-0.2, 0) is 0 Å². The van der Waals surface area contributed by atoms with Gasteiger partial charge in [-0.1, -0.05) is 11.6 Å². The molecule has 0 saturated carbocycles. The third kappa shape index (κ3) is 3.09. The Labute approximate surface area is 106 Å². The average Bonchev–Trinajstić information content (AvgIpc) is 1.96. The fourth-order valence-corrected chi connectivity index (χ4v) is 3.31. The van der Waals surface area contributed by atoms with Gasteiger partial charge < -0.3 is 0 Å². The summed E-state index contributed by atoms with van der Waals surface area (Å²) in [5.74, 6) is 0. The van der Waals surface area contributed by atoms with Crippen LogP contribution < -0.4 is 5.43 Å². The van der Waals surface area contributed by atoms with Crippen LogP contribution in [-0.4, -0.2) is 5.03 Å². The van der Waals surface area contributed by atoms with Crippen LogP contribution in [0.4, 0.5) is 5.69 Å². The highest BCUT2D eigenvalue weighted by Gasteiger charge is 2.10. The van der Waals surface area contributed by atoms with E-state index in [0.29, 0.717) is 10.7 Å². The molecule has 1 aromatic rings. The summed E-state index contributed by atoms with van der Waals surface area (Å²) in [6, 6.07) is 3.47. The molecule has 0 fully saturated rings. The number of anilines is 1. The number of hydrogen-bond acceptors (Lipinski definition) is 2. The molecule has 0 aromatic heterocycles. The highest BCUT2D eigenvalue weighted by molar-refractivity contribution is 14.1. The molecular formula is C6H3ClI2N2O2. The first-order valence-electron chi connectivity index (χ1n) is 3.06. The summed E-state index contributed by atoms with van der Waals surface area (Å²) in [4.78, 5) is 10.2. The zero-order valence-corrected chi connectivity index (χ0v) is 11.1. The molecule has 0 spiro atoms. The number of rotatable bonds is 2. The van der Waals surface area contributed by atoms with Gasteiger partial charge in [-0.2, -0.15) is 0 Å².